The van der Waals surface area contributed by atoms with Gasteiger partial charge in [0.2, 0.25) is 0 Å². The quantitative estimate of drug-likeness (QED) is 0.0502. The summed E-state index contributed by atoms with van der Waals surface area (Å²) >= 11 is 0. The fourth-order valence-electron chi connectivity index (χ4n) is 8.71. The van der Waals surface area contributed by atoms with Crippen LogP contribution in [-0.2, 0) is 14.2 Å². The Kier molecular flexibility index (Phi) is 16.3. The monoisotopic (exact) mass is 866 g/mol. The van der Waals surface area contributed by atoms with Gasteiger partial charge in [0.05, 0.1) is 46.2 Å². The molecule has 2 aromatic carbocycles. The van der Waals surface area contributed by atoms with Gasteiger partial charge in [0, 0.05) is 39.7 Å². The highest BCUT2D eigenvalue weighted by Gasteiger charge is 2.37. The van der Waals surface area contributed by atoms with Gasteiger partial charge >= 0.3 is 0 Å². The van der Waals surface area contributed by atoms with Crippen molar-refractivity contribution in [1.29, 1.82) is 0 Å². The molecule has 2 aliphatic heterocycles. The minimum absolute atomic E-state index is 0.277. The van der Waals surface area contributed by atoms with Gasteiger partial charge in [-0.05, 0) is 175 Å². The molecule has 0 bridgehead atoms. The van der Waals surface area contributed by atoms with E-state index in [9.17, 15) is 0 Å². The number of fused-ring (bicyclic) bond motifs is 2. The molecule has 2 saturated heterocycles. The highest BCUT2D eigenvalue weighted by atomic mass is 16.5. The molecule has 336 valence electrons. The number of unbranched alkanes of at least 4 members (excludes halogenated alkanes) is 7. The summed E-state index contributed by atoms with van der Waals surface area (Å²) in [6, 6.07) is 42.5. The van der Waals surface area contributed by atoms with Gasteiger partial charge in [0.15, 0.2) is 0 Å². The van der Waals surface area contributed by atoms with E-state index in [0.29, 0.717) is 5.41 Å². The summed E-state index contributed by atoms with van der Waals surface area (Å²) in [5.74, 6) is 15.2. The first-order valence-corrected chi connectivity index (χ1v) is 24.3. The number of ether oxygens (including phenoxy) is 5. The maximum absolute atomic E-state index is 6.02. The fraction of sp³-hybridized carbons (Fsp3) is 0.400. The van der Waals surface area contributed by atoms with Crippen molar-refractivity contribution in [2.24, 2.45) is 10.8 Å². The Morgan fingerprint density at radius 1 is 0.400 bits per heavy atom. The molecule has 6 aliphatic rings. The zero-order chi connectivity index (χ0) is 44.6. The van der Waals surface area contributed by atoms with E-state index < -0.39 is 0 Å². The second-order valence-corrected chi connectivity index (χ2v) is 18.5. The Hall–Kier alpha value is -5.56. The number of hydrogen-bond acceptors (Lipinski definition) is 5. The van der Waals surface area contributed by atoms with Crippen LogP contribution in [0.5, 0.6) is 11.5 Å². The lowest BCUT2D eigenvalue weighted by Gasteiger charge is -2.41. The lowest BCUT2D eigenvalue weighted by atomic mass is 9.78. The second kappa shape index (κ2) is 23.1. The topological polar surface area (TPSA) is 46.2 Å². The van der Waals surface area contributed by atoms with Crippen LogP contribution in [0.1, 0.15) is 113 Å². The average Bonchev–Trinajstić information content (AvgIpc) is 3.80. The lowest BCUT2D eigenvalue weighted by molar-refractivity contribution is -0.150. The van der Waals surface area contributed by atoms with Gasteiger partial charge in [-0.1, -0.05) is 93.9 Å². The Morgan fingerprint density at radius 2 is 0.754 bits per heavy atom. The molecule has 0 unspecified atom stereocenters. The van der Waals surface area contributed by atoms with Gasteiger partial charge in [0.1, 0.15) is 11.5 Å². The van der Waals surface area contributed by atoms with Crippen LogP contribution in [0.15, 0.2) is 121 Å². The van der Waals surface area contributed by atoms with Crippen molar-refractivity contribution in [3.8, 4) is 68.6 Å². The molecular weight excluding hydrogens is 801 g/mol. The van der Waals surface area contributed by atoms with Crippen molar-refractivity contribution < 1.29 is 23.7 Å². The molecule has 65 heavy (non-hydrogen) atoms. The van der Waals surface area contributed by atoms with Crippen LogP contribution in [0, 0.1) is 34.5 Å². The molecule has 2 fully saturated rings. The van der Waals surface area contributed by atoms with Crippen molar-refractivity contribution in [2.45, 2.75) is 90.9 Å². The van der Waals surface area contributed by atoms with Crippen LogP contribution in [0.25, 0.3) is 33.4 Å². The van der Waals surface area contributed by atoms with Gasteiger partial charge < -0.3 is 23.7 Å². The molecular formula is C60H66O5. The van der Waals surface area contributed by atoms with E-state index in [1.165, 1.54) is 71.9 Å². The van der Waals surface area contributed by atoms with Gasteiger partial charge in [0.25, 0.3) is 0 Å². The van der Waals surface area contributed by atoms with Crippen LogP contribution in [0.2, 0.25) is 0 Å². The van der Waals surface area contributed by atoms with E-state index in [1.54, 1.807) is 0 Å². The predicted octanol–water partition coefficient (Wildman–Crippen LogP) is 13.9. The van der Waals surface area contributed by atoms with Crippen LogP contribution in [0.4, 0.5) is 0 Å². The van der Waals surface area contributed by atoms with E-state index in [4.69, 9.17) is 23.7 Å². The van der Waals surface area contributed by atoms with Crippen LogP contribution in [-0.4, -0.2) is 52.9 Å². The molecule has 5 nitrogen and oxygen atoms in total. The predicted molar refractivity (Wildman–Crippen MR) is 265 cm³/mol. The molecule has 2 aromatic rings. The zero-order valence-corrected chi connectivity index (χ0v) is 38.7. The molecule has 0 atom stereocenters. The number of benzene rings is 2. The highest BCUT2D eigenvalue weighted by Crippen LogP contribution is 2.38. The summed E-state index contributed by atoms with van der Waals surface area (Å²) in [7, 11) is 0. The highest BCUT2D eigenvalue weighted by molar-refractivity contribution is 5.86. The Bertz CT molecular complexity index is 2390. The van der Waals surface area contributed by atoms with Gasteiger partial charge in [-0.15, -0.1) is 0 Å². The summed E-state index contributed by atoms with van der Waals surface area (Å²) in [6.45, 7) is 11.3. The molecule has 8 rings (SSSR count). The third-order valence-electron chi connectivity index (χ3n) is 13.5. The van der Waals surface area contributed by atoms with E-state index in [-0.39, 0.29) is 5.41 Å². The van der Waals surface area contributed by atoms with Crippen LogP contribution in [0.3, 0.4) is 0 Å². The number of hydrogen-bond donors (Lipinski definition) is 0. The van der Waals surface area contributed by atoms with Crippen molar-refractivity contribution in [1.82, 2.24) is 0 Å². The van der Waals surface area contributed by atoms with Crippen molar-refractivity contribution >= 4 is 0 Å². The molecule has 0 aromatic heterocycles. The van der Waals surface area contributed by atoms with E-state index >= 15 is 0 Å². The number of rotatable bonds is 22. The largest absolute Gasteiger partial charge is 0.494 e. The molecule has 5 heteroatoms. The normalized spacial score (nSPS) is 14.7. The van der Waals surface area contributed by atoms with Gasteiger partial charge in [-0.2, -0.15) is 0 Å². The average molecular weight is 867 g/mol. The van der Waals surface area contributed by atoms with Crippen molar-refractivity contribution in [3.63, 3.8) is 0 Å². The summed E-state index contributed by atoms with van der Waals surface area (Å²) in [4.78, 5) is 0. The summed E-state index contributed by atoms with van der Waals surface area (Å²) in [5.41, 5.74) is 11.9. The Balaban J connectivity index is 0.755. The SMILES string of the molecule is CCC1(CCCCCCCOc2ccc(C#Cc3ccc4cc(-c5cc6ccc(C#Cc7ccc(OCCCCCCOCC8(CC)COC8)cc7)ccc-6c5)cc-4cc3)cc2)COC1. The molecule has 0 N–H and O–H groups in total. The third kappa shape index (κ3) is 13.0. The standard InChI is InChI=1S/C60H66O5/c1-3-59(42-62-43-59)34-10-6-5-7-12-36-64-57-30-22-49(23-31-57)16-14-47-18-26-51-38-55(39-52(51)27-19-47)56-40-53-28-20-48(21-29-54(53)41-56)15-17-50-24-32-58(33-25-50)65-37-13-9-8-11-35-61-44-60(4-2)45-63-46-60/h18-33,38-41H,3-13,34-37,42-46H2,1-2H3. The maximum Gasteiger partial charge on any atom is 0.119 e. The first-order valence-electron chi connectivity index (χ1n) is 24.3. The minimum atomic E-state index is 0.277. The van der Waals surface area contributed by atoms with E-state index in [0.717, 1.165) is 125 Å². The molecule has 0 amide bonds. The van der Waals surface area contributed by atoms with E-state index in [1.807, 2.05) is 48.5 Å². The Morgan fingerprint density at radius 3 is 1.12 bits per heavy atom. The molecule has 0 saturated carbocycles. The molecule has 2 heterocycles. The Labute approximate surface area is 388 Å². The lowest BCUT2D eigenvalue weighted by Crippen LogP contribution is -2.45. The van der Waals surface area contributed by atoms with Gasteiger partial charge in [-0.25, -0.2) is 0 Å². The molecule has 4 aliphatic carbocycles. The minimum Gasteiger partial charge on any atom is -0.494 e. The molecule has 0 radical (unpaired) electrons. The summed E-state index contributed by atoms with van der Waals surface area (Å²) in [5, 5.41) is 0. The second-order valence-electron chi connectivity index (χ2n) is 18.5. The molecule has 0 spiro atoms. The van der Waals surface area contributed by atoms with Crippen molar-refractivity contribution in [3.05, 3.63) is 144 Å². The van der Waals surface area contributed by atoms with E-state index in [2.05, 4.69) is 110 Å². The summed E-state index contributed by atoms with van der Waals surface area (Å²) in [6.07, 6.45) is 14.4. The first kappa shape index (κ1) is 46.0. The first-order chi connectivity index (χ1) is 32.0. The fourth-order valence-corrected chi connectivity index (χ4v) is 8.71. The van der Waals surface area contributed by atoms with Crippen molar-refractivity contribution in [2.75, 3.05) is 52.9 Å². The summed E-state index contributed by atoms with van der Waals surface area (Å²) < 4.78 is 28.8. The third-order valence-corrected chi connectivity index (χ3v) is 13.5. The maximum atomic E-state index is 6.02. The van der Waals surface area contributed by atoms with Crippen LogP contribution >= 0.6 is 0 Å². The zero-order valence-electron chi connectivity index (χ0n) is 38.7. The van der Waals surface area contributed by atoms with Gasteiger partial charge in [-0.3, -0.25) is 0 Å². The van der Waals surface area contributed by atoms with Crippen LogP contribution < -0.4 is 9.47 Å². The smallest absolute Gasteiger partial charge is 0.119 e.